The van der Waals surface area contributed by atoms with E-state index in [1.54, 1.807) is 18.2 Å². The predicted molar refractivity (Wildman–Crippen MR) is 738 cm³/mol. The molecular weight excluding hydrogens is 2650 g/mol. The summed E-state index contributed by atoms with van der Waals surface area (Å²) < 4.78 is 6.58. The van der Waals surface area contributed by atoms with Crippen LogP contribution in [0, 0.1) is 47.6 Å². The lowest BCUT2D eigenvalue weighted by Crippen LogP contribution is -2.72. The Morgan fingerprint density at radius 2 is 0.660 bits per heavy atom. The van der Waals surface area contributed by atoms with E-state index < -0.39 is 67.1 Å². The van der Waals surface area contributed by atoms with Crippen LogP contribution in [-0.4, -0.2) is 283 Å². The van der Waals surface area contributed by atoms with Crippen LogP contribution in [0.25, 0.3) is 44.5 Å². The van der Waals surface area contributed by atoms with Crippen molar-refractivity contribution >= 4 is 545 Å². The van der Waals surface area contributed by atoms with Crippen LogP contribution in [0.1, 0.15) is 0 Å². The molecule has 0 saturated heterocycles. The molecule has 150 heavy (non-hydrogen) atoms. The second kappa shape index (κ2) is 66.9. The van der Waals surface area contributed by atoms with Gasteiger partial charge in [-0.25, -0.2) is 0 Å². The molecule has 0 aromatic heterocycles. The summed E-state index contributed by atoms with van der Waals surface area (Å²) in [6, 6.07) is 95.0. The molecule has 14 aromatic rings. The molecule has 6 N–H and O–H groups in total. The third kappa shape index (κ3) is 40.8. The molecule has 0 spiro atoms. The molecule has 1 heterocycles. The zero-order valence-corrected chi connectivity index (χ0v) is 96.4. The maximum absolute atomic E-state index is 11.1. The van der Waals surface area contributed by atoms with E-state index in [9.17, 15) is 40.5 Å². The maximum atomic E-state index is 11.1. The van der Waals surface area contributed by atoms with Gasteiger partial charge in [0.05, 0.1) is 56.4 Å². The Morgan fingerprint density at radius 3 is 1.03 bits per heavy atom. The van der Waals surface area contributed by atoms with Crippen LogP contribution in [0.15, 0.2) is 330 Å². The molecule has 28 radical (unpaired) electrons. The van der Waals surface area contributed by atoms with Crippen LogP contribution < -0.4 is 48.1 Å². The Kier molecular flexibility index (Phi) is 60.5. The van der Waals surface area contributed by atoms with Crippen LogP contribution in [0.2, 0.25) is 25.1 Å². The van der Waals surface area contributed by atoms with Crippen molar-refractivity contribution in [2.75, 3.05) is 11.5 Å². The Morgan fingerprint density at radius 1 is 0.320 bits per heavy atom. The summed E-state index contributed by atoms with van der Waals surface area (Å²) in [7, 11) is 73.3. The van der Waals surface area contributed by atoms with Gasteiger partial charge in [0.15, 0.2) is 8.07 Å². The van der Waals surface area contributed by atoms with Crippen LogP contribution in [0.4, 0.5) is 34.1 Å². The summed E-state index contributed by atoms with van der Waals surface area (Å²) in [5.41, 5.74) is 18.7. The number of nitrogens with two attached hydrogens (primary N) is 2. The summed E-state index contributed by atoms with van der Waals surface area (Å²) in [6.07, 6.45) is 0.514. The summed E-state index contributed by atoms with van der Waals surface area (Å²) in [6.45, 7) is -2.51. The quantitative estimate of drug-likeness (QED) is 0.0109. The van der Waals surface area contributed by atoms with Gasteiger partial charge in [-0.3, -0.25) is 53.2 Å². The van der Waals surface area contributed by atoms with Crippen LogP contribution in [0.5, 0.6) is 0 Å². The Bertz CT molecular complexity index is 6490. The van der Waals surface area contributed by atoms with Gasteiger partial charge >= 0.3 is 13.8 Å². The standard InChI is InChI=1S/C24H16BrClSi.C12H6BrClI2.C12H6BrClN2O4.C12H10BrClN2.C12H10Cl2Si.C6H6BNO4.C6H2Br2ClNO2.B8H9.B8H6.B8H3.B8/c25-17-15-21(26)24-20-13-7-8-14-22(20)27(23(24)16-17,18-9-3-1-4-10-18)19-11-5-2-6-12-19;13-7-5-9(14)12(11(16)6-7)8-3-1-2-4-10(8)15;13-7-5-9(14)12(11(6-7)16(19)20)8-3-1-2-4-10(8)15(17)18;13-7-5-9(14)12(11(16)6-7)8-3-1-2-4-10(8)15;13-15(14,11-7-3-1-4-8-11)12-9-5-2-6-10-12;9-7(10)5-3-1-2-4-6(5)8(11)12;7-3-1-4(9)6(8)5(2-3)10(11)12;4*1-6(2)8(5)7(3)4/h1-16H;1-6H;1-6H;1-6H,15-16H2;1-10H;1-4,9-10H;1-2H;1-3H3;1-2H3;1H3;/q;;;;;;;-3;-2;-1;. The molecular formula is C84H74B33Br6Cl7I2N6O10Si2-6. The number of para-hydroxylation sites is 3. The number of nitrogens with zero attached hydrogens (tertiary/aromatic N) is 4. The second-order valence-electron chi connectivity index (χ2n) is 29.8. The van der Waals surface area contributed by atoms with Gasteiger partial charge in [-0.15, -0.1) is 65.9 Å². The van der Waals surface area contributed by atoms with Gasteiger partial charge in [-0.2, -0.15) is 0 Å². The van der Waals surface area contributed by atoms with E-state index in [2.05, 4.69) is 250 Å². The molecule has 1 aliphatic heterocycles. The zero-order chi connectivity index (χ0) is 113. The van der Waals surface area contributed by atoms with Crippen LogP contribution in [0.3, 0.4) is 0 Å². The summed E-state index contributed by atoms with van der Waals surface area (Å²) in [5, 5.41) is 70.5. The van der Waals surface area contributed by atoms with Crippen molar-refractivity contribution in [3.8, 4) is 44.5 Å². The molecule has 1 aliphatic rings. The number of hydrogen-bond donors (Lipinski definition) is 4. The fourth-order valence-corrected chi connectivity index (χ4v) is 28.3. The smallest absolute Gasteiger partial charge is 0.423 e. The molecule has 16 nitrogen and oxygen atoms in total. The minimum atomic E-state index is -2.51. The lowest BCUT2D eigenvalue weighted by molar-refractivity contribution is -0.386. The fraction of sp³-hybridized carbons (Fsp3) is 0. The molecule has 14 aromatic carbocycles. The number of fused-ring (bicyclic) bond motifs is 3. The molecule has 0 aliphatic carbocycles. The molecule has 0 atom stereocenters. The molecule has 0 unspecified atom stereocenters. The van der Waals surface area contributed by atoms with Crippen LogP contribution in [-0.2, 0) is 0 Å². The summed E-state index contributed by atoms with van der Waals surface area (Å²) in [5.74, 6) is 0. The number of nitro groups is 4. The Hall–Kier alpha value is -4.85. The van der Waals surface area contributed by atoms with Gasteiger partial charge < -0.3 is 21.5 Å². The van der Waals surface area contributed by atoms with Gasteiger partial charge in [0.25, 0.3) is 22.7 Å². The van der Waals surface area contributed by atoms with E-state index in [1.807, 2.05) is 115 Å². The van der Waals surface area contributed by atoms with Gasteiger partial charge in [-0.1, -0.05) is 378 Å². The highest BCUT2D eigenvalue weighted by Gasteiger charge is 2.49. The third-order valence-corrected chi connectivity index (χ3v) is 35.8. The zero-order valence-electron chi connectivity index (χ0n) is 75.2. The highest BCUT2D eigenvalue weighted by atomic mass is 127. The van der Waals surface area contributed by atoms with E-state index >= 15 is 0 Å². The first kappa shape index (κ1) is 136. The summed E-state index contributed by atoms with van der Waals surface area (Å²) in [4.78, 5) is 40.5. The van der Waals surface area contributed by atoms with Crippen molar-refractivity contribution in [1.82, 2.24) is 0 Å². The average molecular weight is 2720 g/mol. The molecule has 0 saturated carbocycles. The van der Waals surface area contributed by atoms with Crippen molar-refractivity contribution in [2.45, 2.75) is 0 Å². The van der Waals surface area contributed by atoms with E-state index in [4.69, 9.17) is 210 Å². The first-order valence-electron chi connectivity index (χ1n) is 41.5. The van der Waals surface area contributed by atoms with Gasteiger partial charge in [-0.05, 0) is 259 Å². The molecule has 0 bridgehead atoms. The number of rotatable bonds is 20. The van der Waals surface area contributed by atoms with Gasteiger partial charge in [0, 0.05) is 150 Å². The maximum Gasteiger partial charge on any atom is 0.495 e. The van der Waals surface area contributed by atoms with Gasteiger partial charge in [0.2, 0.25) is 0 Å². The lowest BCUT2D eigenvalue weighted by Gasteiger charge is -2.31. The SMILES string of the molecule is Cl[Si](Cl)(c1ccccc1)c1ccccc1.Clc1cc(Br)cc(I)c1-c1ccccc1I.Clc1cc(Br)cc2c1-c1ccccc1[Si]2(c1ccccc1)c1ccccc1.Nc1ccccc1-c1c(N)cc(Br)cc1Cl.O=[N+]([O-])c1cc(Br)cc(Cl)c1Br.O=[N+]([O-])c1ccccc1-c1c(Cl)cc(Br)cc1[N+](=O)[O-].O=[N+]([O-])c1ccccc1B(O)O.[B]B([BH3-])B([B])B([BH3-])[BH3-].[B]B([B])B([B])B([BH3-])[BH3-].[B]B([B])B([B])B([B])[BH3-].[B]B([B])B([B])B([B])[B]. The lowest BCUT2D eigenvalue weighted by atomic mass is 8.68. The minimum absolute atomic E-state index is 0.0344. The first-order valence-corrected chi connectivity index (χ1v) is 56.3. The van der Waals surface area contributed by atoms with E-state index in [1.165, 1.54) is 102 Å². The van der Waals surface area contributed by atoms with E-state index in [0.717, 1.165) is 66.9 Å². The number of nitrogen functional groups attached to an aromatic ring is 2. The van der Waals surface area contributed by atoms with Crippen LogP contribution >= 0.6 is 221 Å². The predicted octanol–water partition coefficient (Wildman–Crippen LogP) is 7.72. The normalized spacial score (nSPS) is 10.5. The topological polar surface area (TPSA) is 265 Å². The Labute approximate surface area is 1020 Å². The van der Waals surface area contributed by atoms with Crippen molar-refractivity contribution in [3.05, 3.63) is 403 Å². The molecule has 15 rings (SSSR count). The number of hydrogen-bond acceptors (Lipinski definition) is 12. The van der Waals surface area contributed by atoms with E-state index in [0.29, 0.717) is 86.3 Å². The Balaban J connectivity index is 0.000000297. The summed E-state index contributed by atoms with van der Waals surface area (Å²) >= 11 is 68.3. The monoisotopic (exact) mass is 2720 g/mol. The largest absolute Gasteiger partial charge is 0.495 e. The number of anilines is 2. The average Bonchev–Trinajstić information content (AvgIpc) is 1.53. The minimum Gasteiger partial charge on any atom is -0.423 e. The second-order valence-corrected chi connectivity index (χ2v) is 49.5. The highest BCUT2D eigenvalue weighted by molar-refractivity contribution is 14.1. The highest BCUT2D eigenvalue weighted by Crippen LogP contribution is 2.45. The number of halogens is 15. The molecule has 0 fully saturated rings. The van der Waals surface area contributed by atoms with Crippen molar-refractivity contribution in [2.24, 2.45) is 0 Å². The first-order chi connectivity index (χ1) is 70.4. The third-order valence-electron chi connectivity index (χ3n) is 19.6. The number of nitro benzene ring substituents is 4. The van der Waals surface area contributed by atoms with Gasteiger partial charge in [0.1, 0.15) is 4.47 Å². The van der Waals surface area contributed by atoms with Crippen molar-refractivity contribution < 1.29 is 29.7 Å². The van der Waals surface area contributed by atoms with E-state index in [-0.39, 0.29) is 77.6 Å². The molecule has 718 valence electrons. The van der Waals surface area contributed by atoms with Crippen molar-refractivity contribution in [3.63, 3.8) is 0 Å². The fourth-order valence-electron chi connectivity index (χ4n) is 12.8. The van der Waals surface area contributed by atoms with Crippen molar-refractivity contribution in [1.29, 1.82) is 0 Å². The number of benzene rings is 14. The molecule has 66 heteroatoms. The molecule has 0 amide bonds.